The molecule has 26 heavy (non-hydrogen) atoms. The summed E-state index contributed by atoms with van der Waals surface area (Å²) in [6.45, 7) is 0.673. The molecule has 0 amide bonds. The van der Waals surface area contributed by atoms with Crippen LogP contribution in [-0.4, -0.2) is 26.3 Å². The van der Waals surface area contributed by atoms with Gasteiger partial charge in [0, 0.05) is 29.4 Å². The number of benzene rings is 1. The van der Waals surface area contributed by atoms with Gasteiger partial charge in [-0.05, 0) is 29.1 Å². The molecule has 0 fully saturated rings. The van der Waals surface area contributed by atoms with Gasteiger partial charge in [-0.3, -0.25) is 0 Å². The second-order valence-corrected chi connectivity index (χ2v) is 7.58. The molecular weight excluding hydrogens is 368 g/mol. The molecule has 0 saturated heterocycles. The van der Waals surface area contributed by atoms with E-state index in [1.807, 2.05) is 23.7 Å². The molecule has 0 aliphatic heterocycles. The van der Waals surface area contributed by atoms with E-state index in [-0.39, 0.29) is 6.04 Å². The van der Waals surface area contributed by atoms with Crippen LogP contribution in [0.25, 0.3) is 0 Å². The highest BCUT2D eigenvalue weighted by molar-refractivity contribution is 7.10. The predicted molar refractivity (Wildman–Crippen MR) is 106 cm³/mol. The molecule has 138 valence electrons. The minimum atomic E-state index is 0.160. The molecule has 1 N–H and O–H groups in total. The number of thiazole rings is 1. The minimum Gasteiger partial charge on any atom is -0.493 e. The second kappa shape index (κ2) is 9.02. The molecule has 0 bridgehead atoms. The van der Waals surface area contributed by atoms with E-state index in [4.69, 9.17) is 14.2 Å². The number of aromatic nitrogens is 1. The Kier molecular flexibility index (Phi) is 6.49. The summed E-state index contributed by atoms with van der Waals surface area (Å²) in [5, 5.41) is 8.82. The van der Waals surface area contributed by atoms with Crippen molar-refractivity contribution in [3.8, 4) is 17.2 Å². The van der Waals surface area contributed by atoms with Crippen LogP contribution in [0.3, 0.4) is 0 Å². The van der Waals surface area contributed by atoms with Crippen LogP contribution in [0, 0.1) is 0 Å². The van der Waals surface area contributed by atoms with Gasteiger partial charge >= 0.3 is 0 Å². The number of methoxy groups -OCH3 is 3. The smallest absolute Gasteiger partial charge is 0.203 e. The molecular formula is C19H22N2O3S2. The summed E-state index contributed by atoms with van der Waals surface area (Å²) in [6, 6.07) is 8.34. The summed E-state index contributed by atoms with van der Waals surface area (Å²) < 4.78 is 16.3. The van der Waals surface area contributed by atoms with Crippen molar-refractivity contribution in [2.24, 2.45) is 0 Å². The van der Waals surface area contributed by atoms with Crippen LogP contribution >= 0.6 is 22.7 Å². The van der Waals surface area contributed by atoms with Crippen molar-refractivity contribution in [2.45, 2.75) is 19.0 Å². The maximum atomic E-state index is 5.44. The number of ether oxygens (including phenoxy) is 3. The standard InChI is InChI=1S/C19H22N2O3S2/c1-22-16-9-13(10-17(23-2)18(16)24-3)12-21-15(19-20-6-8-26-19)11-14-5-4-7-25-14/h4-10,15,21H,11-12H2,1-3H3/t15-/m0/s1. The third-order valence-electron chi connectivity index (χ3n) is 4.01. The van der Waals surface area contributed by atoms with E-state index in [1.165, 1.54) is 4.88 Å². The minimum absolute atomic E-state index is 0.160. The van der Waals surface area contributed by atoms with E-state index in [9.17, 15) is 0 Å². The fraction of sp³-hybridized carbons (Fsp3) is 0.316. The Bertz CT molecular complexity index is 779. The summed E-state index contributed by atoms with van der Waals surface area (Å²) in [5.41, 5.74) is 1.06. The van der Waals surface area contributed by atoms with Gasteiger partial charge in [0.2, 0.25) is 5.75 Å². The molecule has 2 heterocycles. The molecule has 7 heteroatoms. The van der Waals surface area contributed by atoms with Crippen molar-refractivity contribution in [1.82, 2.24) is 10.3 Å². The average molecular weight is 391 g/mol. The fourth-order valence-electron chi connectivity index (χ4n) is 2.76. The number of rotatable bonds is 9. The first-order valence-corrected chi connectivity index (χ1v) is 9.95. The van der Waals surface area contributed by atoms with Crippen molar-refractivity contribution >= 4 is 22.7 Å². The van der Waals surface area contributed by atoms with Gasteiger partial charge in [-0.2, -0.15) is 0 Å². The van der Waals surface area contributed by atoms with Gasteiger partial charge in [0.25, 0.3) is 0 Å². The van der Waals surface area contributed by atoms with E-state index < -0.39 is 0 Å². The molecule has 1 atom stereocenters. The van der Waals surface area contributed by atoms with Crippen LogP contribution in [-0.2, 0) is 13.0 Å². The van der Waals surface area contributed by atoms with Crippen LogP contribution in [0.2, 0.25) is 0 Å². The van der Waals surface area contributed by atoms with Gasteiger partial charge in [-0.1, -0.05) is 6.07 Å². The third-order valence-corrected chi connectivity index (χ3v) is 5.80. The number of nitrogens with one attached hydrogen (secondary N) is 1. The lowest BCUT2D eigenvalue weighted by Gasteiger charge is -2.18. The zero-order chi connectivity index (χ0) is 18.4. The van der Waals surface area contributed by atoms with Gasteiger partial charge in [0.15, 0.2) is 11.5 Å². The van der Waals surface area contributed by atoms with Crippen LogP contribution in [0.15, 0.2) is 41.2 Å². The van der Waals surface area contributed by atoms with E-state index in [1.54, 1.807) is 44.0 Å². The molecule has 5 nitrogen and oxygen atoms in total. The summed E-state index contributed by atoms with van der Waals surface area (Å²) >= 11 is 3.44. The van der Waals surface area contributed by atoms with E-state index in [0.29, 0.717) is 23.8 Å². The van der Waals surface area contributed by atoms with Gasteiger partial charge in [0.05, 0.1) is 27.4 Å². The topological polar surface area (TPSA) is 52.6 Å². The Hall–Kier alpha value is -2.09. The summed E-state index contributed by atoms with van der Waals surface area (Å²) in [4.78, 5) is 5.83. The summed E-state index contributed by atoms with van der Waals surface area (Å²) in [7, 11) is 4.87. The highest BCUT2D eigenvalue weighted by Gasteiger charge is 2.17. The summed E-state index contributed by atoms with van der Waals surface area (Å²) in [6.07, 6.45) is 2.76. The van der Waals surface area contributed by atoms with Gasteiger partial charge in [-0.15, -0.1) is 22.7 Å². The lowest BCUT2D eigenvalue weighted by molar-refractivity contribution is 0.323. The first-order valence-electron chi connectivity index (χ1n) is 8.19. The molecule has 0 saturated carbocycles. The first kappa shape index (κ1) is 18.7. The Morgan fingerprint density at radius 1 is 1.04 bits per heavy atom. The van der Waals surface area contributed by atoms with Crippen molar-refractivity contribution in [2.75, 3.05) is 21.3 Å². The second-order valence-electron chi connectivity index (χ2n) is 5.62. The van der Waals surface area contributed by atoms with Crippen LogP contribution in [0.1, 0.15) is 21.5 Å². The average Bonchev–Trinajstić information content (AvgIpc) is 3.37. The van der Waals surface area contributed by atoms with E-state index in [2.05, 4.69) is 27.8 Å². The monoisotopic (exact) mass is 390 g/mol. The molecule has 0 aliphatic carbocycles. The Morgan fingerprint density at radius 3 is 2.35 bits per heavy atom. The van der Waals surface area contributed by atoms with Crippen LogP contribution in [0.5, 0.6) is 17.2 Å². The normalized spacial score (nSPS) is 12.0. The number of thiophene rings is 1. The first-order chi connectivity index (χ1) is 12.7. The number of hydrogen-bond donors (Lipinski definition) is 1. The quantitative estimate of drug-likeness (QED) is 0.590. The van der Waals surface area contributed by atoms with Crippen LogP contribution < -0.4 is 19.5 Å². The lowest BCUT2D eigenvalue weighted by Crippen LogP contribution is -2.22. The molecule has 0 unspecified atom stereocenters. The number of hydrogen-bond acceptors (Lipinski definition) is 7. The Balaban J connectivity index is 1.78. The fourth-order valence-corrected chi connectivity index (χ4v) is 4.23. The third kappa shape index (κ3) is 4.35. The highest BCUT2D eigenvalue weighted by Crippen LogP contribution is 2.38. The van der Waals surface area contributed by atoms with Crippen molar-refractivity contribution in [3.05, 3.63) is 56.7 Å². The molecule has 0 spiro atoms. The zero-order valence-electron chi connectivity index (χ0n) is 15.0. The Morgan fingerprint density at radius 2 is 1.81 bits per heavy atom. The lowest BCUT2D eigenvalue weighted by atomic mass is 10.1. The highest BCUT2D eigenvalue weighted by atomic mass is 32.1. The largest absolute Gasteiger partial charge is 0.493 e. The molecule has 1 aromatic carbocycles. The van der Waals surface area contributed by atoms with Gasteiger partial charge in [0.1, 0.15) is 5.01 Å². The molecule has 3 aromatic rings. The van der Waals surface area contributed by atoms with E-state index >= 15 is 0 Å². The van der Waals surface area contributed by atoms with Crippen molar-refractivity contribution < 1.29 is 14.2 Å². The summed E-state index contributed by atoms with van der Waals surface area (Å²) in [5.74, 6) is 1.93. The van der Waals surface area contributed by atoms with Crippen LogP contribution in [0.4, 0.5) is 0 Å². The van der Waals surface area contributed by atoms with Crippen molar-refractivity contribution in [3.63, 3.8) is 0 Å². The Labute approximate surface area is 161 Å². The molecule has 0 radical (unpaired) electrons. The van der Waals surface area contributed by atoms with Crippen molar-refractivity contribution in [1.29, 1.82) is 0 Å². The predicted octanol–water partition coefficient (Wildman–Crippen LogP) is 4.30. The number of nitrogens with zero attached hydrogens (tertiary/aromatic N) is 1. The SMILES string of the molecule is COc1cc(CN[C@@H](Cc2cccs2)c2nccs2)cc(OC)c1OC. The molecule has 0 aliphatic rings. The van der Waals surface area contributed by atoms with Gasteiger partial charge < -0.3 is 19.5 Å². The van der Waals surface area contributed by atoms with E-state index in [0.717, 1.165) is 17.0 Å². The zero-order valence-corrected chi connectivity index (χ0v) is 16.7. The van der Waals surface area contributed by atoms with Gasteiger partial charge in [-0.25, -0.2) is 4.98 Å². The maximum absolute atomic E-state index is 5.44. The molecule has 2 aromatic heterocycles. The maximum Gasteiger partial charge on any atom is 0.203 e. The molecule has 3 rings (SSSR count).